The van der Waals surface area contributed by atoms with Crippen LogP contribution in [0.5, 0.6) is 0 Å². The highest BCUT2D eigenvalue weighted by Crippen LogP contribution is 2.28. The summed E-state index contributed by atoms with van der Waals surface area (Å²) in [6, 6.07) is 20.3. The largest absolute Gasteiger partial charge is 0.461 e. The number of anilines is 1. The molecule has 0 radical (unpaired) electrons. The Labute approximate surface area is 202 Å². The maximum Gasteiger partial charge on any atom is 0.253 e. The lowest BCUT2D eigenvalue weighted by atomic mass is 10.1. The normalized spacial score (nSPS) is 10.8. The second-order valence-corrected chi connectivity index (χ2v) is 8.29. The summed E-state index contributed by atoms with van der Waals surface area (Å²) in [7, 11) is 0. The number of rotatable bonds is 9. The molecule has 0 saturated carbocycles. The highest BCUT2D eigenvalue weighted by molar-refractivity contribution is 7.99. The number of nitrogens with zero attached hydrogens (tertiary/aromatic N) is 4. The number of amides is 2. The Balaban J connectivity index is 1.48. The van der Waals surface area contributed by atoms with Crippen LogP contribution in [-0.2, 0) is 4.79 Å². The molecule has 0 bridgehead atoms. The van der Waals surface area contributed by atoms with Crippen molar-refractivity contribution >= 4 is 29.3 Å². The lowest BCUT2D eigenvalue weighted by Crippen LogP contribution is -2.30. The maximum absolute atomic E-state index is 12.7. The van der Waals surface area contributed by atoms with Gasteiger partial charge in [0.2, 0.25) is 11.7 Å². The van der Waals surface area contributed by atoms with Crippen LogP contribution >= 0.6 is 11.8 Å². The first kappa shape index (κ1) is 23.3. The summed E-state index contributed by atoms with van der Waals surface area (Å²) in [5.41, 5.74) is 1.98. The van der Waals surface area contributed by atoms with Gasteiger partial charge in [0, 0.05) is 30.0 Å². The van der Waals surface area contributed by atoms with Crippen molar-refractivity contribution in [3.8, 4) is 17.3 Å². The third-order valence-electron chi connectivity index (χ3n) is 5.17. The third-order valence-corrected chi connectivity index (χ3v) is 6.09. The van der Waals surface area contributed by atoms with Gasteiger partial charge < -0.3 is 14.6 Å². The molecule has 2 amide bonds. The smallest absolute Gasteiger partial charge is 0.253 e. The molecule has 0 spiro atoms. The molecule has 0 saturated heterocycles. The minimum Gasteiger partial charge on any atom is -0.461 e. The lowest BCUT2D eigenvalue weighted by Gasteiger charge is -2.19. The van der Waals surface area contributed by atoms with Crippen molar-refractivity contribution in [2.75, 3.05) is 24.2 Å². The number of furan rings is 1. The Morgan fingerprint density at radius 2 is 1.79 bits per heavy atom. The molecule has 0 aliphatic heterocycles. The first-order valence-electron chi connectivity index (χ1n) is 11.0. The molecule has 4 aromatic rings. The number of thioether (sulfide) groups is 1. The Kier molecular flexibility index (Phi) is 7.44. The van der Waals surface area contributed by atoms with E-state index in [-0.39, 0.29) is 17.6 Å². The summed E-state index contributed by atoms with van der Waals surface area (Å²) >= 11 is 1.27. The molecule has 34 heavy (non-hydrogen) atoms. The minimum absolute atomic E-state index is 0.0584. The van der Waals surface area contributed by atoms with Crippen molar-refractivity contribution in [1.29, 1.82) is 0 Å². The monoisotopic (exact) mass is 475 g/mol. The molecule has 1 N–H and O–H groups in total. The molecule has 4 rings (SSSR count). The fourth-order valence-electron chi connectivity index (χ4n) is 3.49. The predicted octanol–water partition coefficient (Wildman–Crippen LogP) is 4.74. The second kappa shape index (κ2) is 10.8. The molecule has 8 nitrogen and oxygen atoms in total. The van der Waals surface area contributed by atoms with Crippen LogP contribution in [0.1, 0.15) is 24.2 Å². The number of carbonyl (C=O) groups excluding carboxylic acids is 2. The van der Waals surface area contributed by atoms with Crippen LogP contribution in [0.4, 0.5) is 5.69 Å². The van der Waals surface area contributed by atoms with Crippen molar-refractivity contribution in [3.63, 3.8) is 0 Å². The Morgan fingerprint density at radius 1 is 1.00 bits per heavy atom. The fraction of sp³-hybridized carbons (Fsp3) is 0.200. The molecule has 0 fully saturated rings. The van der Waals surface area contributed by atoms with Gasteiger partial charge in [-0.05, 0) is 56.3 Å². The summed E-state index contributed by atoms with van der Waals surface area (Å²) in [4.78, 5) is 27.0. The van der Waals surface area contributed by atoms with Crippen molar-refractivity contribution in [2.24, 2.45) is 0 Å². The summed E-state index contributed by atoms with van der Waals surface area (Å²) < 4.78 is 7.38. The van der Waals surface area contributed by atoms with E-state index in [9.17, 15) is 9.59 Å². The van der Waals surface area contributed by atoms with Crippen molar-refractivity contribution < 1.29 is 14.0 Å². The van der Waals surface area contributed by atoms with Gasteiger partial charge in [0.1, 0.15) is 0 Å². The number of carbonyl (C=O) groups is 2. The zero-order chi connectivity index (χ0) is 23.9. The van der Waals surface area contributed by atoms with Gasteiger partial charge in [0.05, 0.1) is 12.0 Å². The molecule has 0 atom stereocenters. The van der Waals surface area contributed by atoms with Gasteiger partial charge in [-0.3, -0.25) is 14.2 Å². The van der Waals surface area contributed by atoms with E-state index >= 15 is 0 Å². The Morgan fingerprint density at radius 3 is 2.50 bits per heavy atom. The molecular weight excluding hydrogens is 450 g/mol. The Hall–Kier alpha value is -3.85. The summed E-state index contributed by atoms with van der Waals surface area (Å²) in [6.45, 7) is 5.14. The summed E-state index contributed by atoms with van der Waals surface area (Å²) in [5, 5.41) is 12.0. The van der Waals surface area contributed by atoms with E-state index in [1.54, 1.807) is 41.5 Å². The average molecular weight is 476 g/mol. The van der Waals surface area contributed by atoms with E-state index in [0.29, 0.717) is 41.1 Å². The van der Waals surface area contributed by atoms with E-state index in [2.05, 4.69) is 15.5 Å². The van der Waals surface area contributed by atoms with Crippen LogP contribution in [0.3, 0.4) is 0 Å². The second-order valence-electron chi connectivity index (χ2n) is 7.35. The van der Waals surface area contributed by atoms with Crippen LogP contribution in [0.25, 0.3) is 17.3 Å². The number of hydrogen-bond donors (Lipinski definition) is 1. The molecule has 9 heteroatoms. The number of aromatic nitrogens is 3. The molecule has 2 aromatic heterocycles. The van der Waals surface area contributed by atoms with E-state index < -0.39 is 0 Å². The van der Waals surface area contributed by atoms with Crippen molar-refractivity contribution in [2.45, 2.75) is 19.0 Å². The molecule has 174 valence electrons. The standard InChI is InChI=1S/C25H25N5O3S/c1-3-29(4-2)24(32)18-10-8-11-19(16-18)26-22(31)17-34-25-28-27-23(21-14-9-15-33-21)30(25)20-12-6-5-7-13-20/h5-16H,3-4,17H2,1-2H3,(H,26,31). The van der Waals surface area contributed by atoms with E-state index in [1.807, 2.05) is 54.8 Å². The maximum atomic E-state index is 12.7. The van der Waals surface area contributed by atoms with Crippen LogP contribution in [-0.4, -0.2) is 50.3 Å². The summed E-state index contributed by atoms with van der Waals surface area (Å²) in [6.07, 6.45) is 1.58. The predicted molar refractivity (Wildman–Crippen MR) is 132 cm³/mol. The number of hydrogen-bond acceptors (Lipinski definition) is 6. The van der Waals surface area contributed by atoms with Crippen LogP contribution in [0, 0.1) is 0 Å². The van der Waals surface area contributed by atoms with Gasteiger partial charge in [0.25, 0.3) is 5.91 Å². The van der Waals surface area contributed by atoms with Gasteiger partial charge in [-0.2, -0.15) is 0 Å². The van der Waals surface area contributed by atoms with E-state index in [0.717, 1.165) is 5.69 Å². The first-order chi connectivity index (χ1) is 16.6. The molecule has 2 aromatic carbocycles. The zero-order valence-corrected chi connectivity index (χ0v) is 19.8. The number of para-hydroxylation sites is 1. The van der Waals surface area contributed by atoms with Gasteiger partial charge in [-0.25, -0.2) is 0 Å². The fourth-order valence-corrected chi connectivity index (χ4v) is 4.24. The summed E-state index contributed by atoms with van der Waals surface area (Å²) in [5.74, 6) is 0.998. The van der Waals surface area contributed by atoms with Crippen LogP contribution in [0.2, 0.25) is 0 Å². The molecule has 0 aliphatic rings. The van der Waals surface area contributed by atoms with Crippen LogP contribution in [0.15, 0.2) is 82.6 Å². The highest BCUT2D eigenvalue weighted by atomic mass is 32.2. The van der Waals surface area contributed by atoms with Gasteiger partial charge in [0.15, 0.2) is 10.9 Å². The van der Waals surface area contributed by atoms with Crippen LogP contribution < -0.4 is 5.32 Å². The van der Waals surface area contributed by atoms with Gasteiger partial charge >= 0.3 is 0 Å². The number of benzene rings is 2. The van der Waals surface area contributed by atoms with Crippen molar-refractivity contribution in [1.82, 2.24) is 19.7 Å². The first-order valence-corrected chi connectivity index (χ1v) is 12.0. The quantitative estimate of drug-likeness (QED) is 0.352. The Bertz CT molecular complexity index is 1250. The highest BCUT2D eigenvalue weighted by Gasteiger charge is 2.19. The minimum atomic E-state index is -0.209. The molecule has 0 unspecified atom stereocenters. The number of nitrogens with one attached hydrogen (secondary N) is 1. The van der Waals surface area contributed by atoms with Gasteiger partial charge in [-0.15, -0.1) is 10.2 Å². The SMILES string of the molecule is CCN(CC)C(=O)c1cccc(NC(=O)CSc2nnc(-c3ccco3)n2-c2ccccc2)c1. The van der Waals surface area contributed by atoms with Gasteiger partial charge in [-0.1, -0.05) is 36.0 Å². The molecule has 2 heterocycles. The molecule has 0 aliphatic carbocycles. The zero-order valence-electron chi connectivity index (χ0n) is 19.0. The van der Waals surface area contributed by atoms with Crippen molar-refractivity contribution in [3.05, 3.63) is 78.6 Å². The van der Waals surface area contributed by atoms with E-state index in [1.165, 1.54) is 11.8 Å². The van der Waals surface area contributed by atoms with E-state index in [4.69, 9.17) is 4.42 Å². The molecular formula is C25H25N5O3S. The topological polar surface area (TPSA) is 93.3 Å². The lowest BCUT2D eigenvalue weighted by molar-refractivity contribution is -0.113. The average Bonchev–Trinajstić information content (AvgIpc) is 3.54. The third kappa shape index (κ3) is 5.20.